The van der Waals surface area contributed by atoms with Crippen LogP contribution in [0.1, 0.15) is 6.42 Å². The fourth-order valence-corrected chi connectivity index (χ4v) is 4.98. The molecule has 110 valence electrons. The molecule has 0 aliphatic carbocycles. The molecule has 0 aromatic heterocycles. The molecule has 0 saturated heterocycles. The molecule has 0 spiro atoms. The molecular formula is C10H16O6S3. The van der Waals surface area contributed by atoms with Crippen molar-refractivity contribution in [2.24, 2.45) is 0 Å². The second-order valence-electron chi connectivity index (χ2n) is 3.70. The first-order valence-electron chi connectivity index (χ1n) is 5.06. The van der Waals surface area contributed by atoms with Gasteiger partial charge in [0.25, 0.3) is 0 Å². The van der Waals surface area contributed by atoms with Crippen molar-refractivity contribution in [2.45, 2.75) is 11.7 Å². The van der Waals surface area contributed by atoms with Gasteiger partial charge < -0.3 is 0 Å². The maximum absolute atomic E-state index is 11.7. The molecule has 0 aromatic carbocycles. The van der Waals surface area contributed by atoms with Gasteiger partial charge in [0, 0.05) is 16.2 Å². The molecule has 0 radical (unpaired) electrons. The maximum Gasteiger partial charge on any atom is 0.174 e. The van der Waals surface area contributed by atoms with Gasteiger partial charge in [0.2, 0.25) is 0 Å². The lowest BCUT2D eigenvalue weighted by Crippen LogP contribution is -2.29. The number of rotatable bonds is 9. The Morgan fingerprint density at radius 3 is 1.63 bits per heavy atom. The van der Waals surface area contributed by atoms with E-state index < -0.39 is 46.3 Å². The first kappa shape index (κ1) is 18.1. The maximum atomic E-state index is 11.7. The van der Waals surface area contributed by atoms with Crippen LogP contribution >= 0.6 is 0 Å². The van der Waals surface area contributed by atoms with Crippen LogP contribution in [-0.4, -0.2) is 42.0 Å². The largest absolute Gasteiger partial charge is 0.224 e. The molecule has 0 heterocycles. The summed E-state index contributed by atoms with van der Waals surface area (Å²) < 4.78 is 68.6. The van der Waals surface area contributed by atoms with Gasteiger partial charge >= 0.3 is 0 Å². The van der Waals surface area contributed by atoms with Gasteiger partial charge in [0.05, 0.1) is 16.8 Å². The van der Waals surface area contributed by atoms with Gasteiger partial charge in [-0.15, -0.1) is 0 Å². The molecule has 0 aliphatic rings. The van der Waals surface area contributed by atoms with Crippen molar-refractivity contribution in [2.75, 3.05) is 11.5 Å². The summed E-state index contributed by atoms with van der Waals surface area (Å²) >= 11 is 0. The molecule has 0 fully saturated rings. The SMILES string of the molecule is C=CS(=O)(=O)CCC(CS(=O)(=O)C=C)S(=O)(=O)C=C. The monoisotopic (exact) mass is 328 g/mol. The average molecular weight is 328 g/mol. The van der Waals surface area contributed by atoms with Crippen molar-refractivity contribution in [3.8, 4) is 0 Å². The van der Waals surface area contributed by atoms with Crippen LogP contribution < -0.4 is 0 Å². The van der Waals surface area contributed by atoms with E-state index in [4.69, 9.17) is 0 Å². The highest BCUT2D eigenvalue weighted by atomic mass is 32.2. The Hall–Kier alpha value is -0.930. The first-order valence-corrected chi connectivity index (χ1v) is 10.1. The molecule has 1 unspecified atom stereocenters. The summed E-state index contributed by atoms with van der Waals surface area (Å²) in [6, 6.07) is 0. The van der Waals surface area contributed by atoms with Crippen LogP contribution in [0.4, 0.5) is 0 Å². The second kappa shape index (κ2) is 6.49. The van der Waals surface area contributed by atoms with Gasteiger partial charge in [-0.1, -0.05) is 19.7 Å². The minimum Gasteiger partial charge on any atom is -0.224 e. The third-order valence-corrected chi connectivity index (χ3v) is 7.04. The lowest BCUT2D eigenvalue weighted by atomic mass is 10.4. The van der Waals surface area contributed by atoms with Gasteiger partial charge in [-0.2, -0.15) is 0 Å². The summed E-state index contributed by atoms with van der Waals surface area (Å²) in [6.07, 6.45) is -0.351. The Kier molecular flexibility index (Phi) is 6.17. The predicted molar refractivity (Wildman–Crippen MR) is 75.5 cm³/mol. The highest BCUT2D eigenvalue weighted by Crippen LogP contribution is 2.14. The van der Waals surface area contributed by atoms with Gasteiger partial charge in [0.1, 0.15) is 0 Å². The molecule has 0 rings (SSSR count). The van der Waals surface area contributed by atoms with Crippen LogP contribution in [-0.2, 0) is 29.5 Å². The minimum absolute atomic E-state index is 0.351. The molecule has 1 atom stereocenters. The van der Waals surface area contributed by atoms with Crippen LogP contribution in [0.15, 0.2) is 36.0 Å². The molecule has 19 heavy (non-hydrogen) atoms. The lowest BCUT2D eigenvalue weighted by molar-refractivity contribution is 0.577. The zero-order valence-corrected chi connectivity index (χ0v) is 12.7. The van der Waals surface area contributed by atoms with Crippen LogP contribution in [0, 0.1) is 0 Å². The van der Waals surface area contributed by atoms with E-state index >= 15 is 0 Å². The molecule has 0 aliphatic heterocycles. The molecule has 0 aromatic rings. The Labute approximate surface area is 114 Å². The quantitative estimate of drug-likeness (QED) is 0.608. The third kappa shape index (κ3) is 6.17. The Morgan fingerprint density at radius 2 is 1.26 bits per heavy atom. The summed E-state index contributed by atoms with van der Waals surface area (Å²) in [4.78, 5) is 0. The van der Waals surface area contributed by atoms with E-state index in [-0.39, 0.29) is 6.42 Å². The predicted octanol–water partition coefficient (Wildman–Crippen LogP) is 0.420. The van der Waals surface area contributed by atoms with Gasteiger partial charge in [-0.05, 0) is 6.42 Å². The van der Waals surface area contributed by atoms with Crippen molar-refractivity contribution in [3.63, 3.8) is 0 Å². The van der Waals surface area contributed by atoms with E-state index in [2.05, 4.69) is 19.7 Å². The molecule has 0 amide bonds. The van der Waals surface area contributed by atoms with Crippen molar-refractivity contribution in [1.82, 2.24) is 0 Å². The van der Waals surface area contributed by atoms with Crippen LogP contribution in [0.3, 0.4) is 0 Å². The van der Waals surface area contributed by atoms with E-state index in [1.807, 2.05) is 0 Å². The minimum atomic E-state index is -3.90. The van der Waals surface area contributed by atoms with Gasteiger partial charge in [-0.3, -0.25) is 0 Å². The molecule has 0 saturated carbocycles. The molecule has 6 nitrogen and oxygen atoms in total. The second-order valence-corrected chi connectivity index (χ2v) is 9.93. The molecule has 0 bridgehead atoms. The van der Waals surface area contributed by atoms with E-state index in [9.17, 15) is 25.3 Å². The van der Waals surface area contributed by atoms with E-state index in [1.54, 1.807) is 0 Å². The van der Waals surface area contributed by atoms with Gasteiger partial charge in [-0.25, -0.2) is 25.3 Å². The van der Waals surface area contributed by atoms with Crippen LogP contribution in [0.5, 0.6) is 0 Å². The summed E-state index contributed by atoms with van der Waals surface area (Å²) in [5.74, 6) is -1.22. The highest BCUT2D eigenvalue weighted by molar-refractivity contribution is 7.98. The summed E-state index contributed by atoms with van der Waals surface area (Å²) in [5.41, 5.74) is 0. The highest BCUT2D eigenvalue weighted by Gasteiger charge is 2.28. The molecule has 9 heteroatoms. The van der Waals surface area contributed by atoms with Crippen LogP contribution in [0.2, 0.25) is 0 Å². The van der Waals surface area contributed by atoms with Crippen LogP contribution in [0.25, 0.3) is 0 Å². The average Bonchev–Trinajstić information content (AvgIpc) is 2.34. The number of hydrogen-bond donors (Lipinski definition) is 0. The number of hydrogen-bond acceptors (Lipinski definition) is 6. The molecule has 0 N–H and O–H groups in total. The van der Waals surface area contributed by atoms with Crippen molar-refractivity contribution in [3.05, 3.63) is 36.0 Å². The Morgan fingerprint density at radius 1 is 0.789 bits per heavy atom. The number of sulfone groups is 3. The third-order valence-electron chi connectivity index (χ3n) is 2.35. The first-order chi connectivity index (χ1) is 8.49. The zero-order chi connectivity index (χ0) is 15.3. The topological polar surface area (TPSA) is 102 Å². The van der Waals surface area contributed by atoms with Crippen molar-refractivity contribution >= 4 is 29.5 Å². The zero-order valence-electron chi connectivity index (χ0n) is 10.2. The van der Waals surface area contributed by atoms with E-state index in [0.717, 1.165) is 0 Å². The normalized spacial score (nSPS) is 14.5. The van der Waals surface area contributed by atoms with E-state index in [0.29, 0.717) is 16.2 Å². The Bertz CT molecular complexity index is 652. The lowest BCUT2D eigenvalue weighted by Gasteiger charge is -2.13. The van der Waals surface area contributed by atoms with Crippen molar-refractivity contribution in [1.29, 1.82) is 0 Å². The summed E-state index contributed by atoms with van der Waals surface area (Å²) in [5, 5.41) is 0.590. The van der Waals surface area contributed by atoms with Crippen molar-refractivity contribution < 1.29 is 25.3 Å². The Balaban J connectivity index is 5.28. The van der Waals surface area contributed by atoms with Gasteiger partial charge in [0.15, 0.2) is 29.5 Å². The fraction of sp³-hybridized carbons (Fsp3) is 0.400. The smallest absolute Gasteiger partial charge is 0.174 e. The summed E-state index contributed by atoms with van der Waals surface area (Å²) in [7, 11) is -11.3. The standard InChI is InChI=1S/C10H16O6S3/c1-4-17(11,12)8-7-10(19(15,16)6-3)9-18(13,14)5-2/h4-6,10H,1-3,7-9H2. The summed E-state index contributed by atoms with van der Waals surface area (Å²) in [6.45, 7) is 9.26. The molecular weight excluding hydrogens is 312 g/mol. The fourth-order valence-electron chi connectivity index (χ4n) is 1.18. The van der Waals surface area contributed by atoms with E-state index in [1.165, 1.54) is 0 Å².